The third-order valence-electron chi connectivity index (χ3n) is 3.87. The number of hydrogen-bond acceptors (Lipinski definition) is 4. The predicted octanol–water partition coefficient (Wildman–Crippen LogP) is 4.45. The van der Waals surface area contributed by atoms with Crippen LogP contribution in [-0.2, 0) is 17.8 Å². The quantitative estimate of drug-likeness (QED) is 0.470. The summed E-state index contributed by atoms with van der Waals surface area (Å²) in [7, 11) is 0. The van der Waals surface area contributed by atoms with Gasteiger partial charge < -0.3 is 4.57 Å². The number of aromatic nitrogens is 1. The van der Waals surface area contributed by atoms with Gasteiger partial charge in [0.2, 0.25) is 0 Å². The first-order chi connectivity index (χ1) is 12.6. The highest BCUT2D eigenvalue weighted by molar-refractivity contribution is 7.98. The Labute approximate surface area is 165 Å². The van der Waals surface area contributed by atoms with Gasteiger partial charge in [-0.3, -0.25) is 4.79 Å². The summed E-state index contributed by atoms with van der Waals surface area (Å²) < 4.78 is 3.02. The molecule has 26 heavy (non-hydrogen) atoms. The SMILES string of the molecule is C#CCn1c(=NC(=O)Cc2ccc(SC)cc2)sc2cc(SC)ccc21. The minimum absolute atomic E-state index is 0.163. The third kappa shape index (κ3) is 4.24. The number of terminal acetylenes is 1. The zero-order chi connectivity index (χ0) is 18.5. The van der Waals surface area contributed by atoms with Crippen molar-refractivity contribution in [3.63, 3.8) is 0 Å². The van der Waals surface area contributed by atoms with E-state index in [0.717, 1.165) is 15.8 Å². The zero-order valence-corrected chi connectivity index (χ0v) is 17.0. The fourth-order valence-corrected chi connectivity index (χ4v) is 4.58. The molecule has 2 aromatic carbocycles. The van der Waals surface area contributed by atoms with Crippen molar-refractivity contribution in [2.75, 3.05) is 12.5 Å². The summed E-state index contributed by atoms with van der Waals surface area (Å²) in [6, 6.07) is 14.2. The zero-order valence-electron chi connectivity index (χ0n) is 14.6. The van der Waals surface area contributed by atoms with Crippen LogP contribution in [0.25, 0.3) is 10.2 Å². The molecule has 6 heteroatoms. The van der Waals surface area contributed by atoms with Crippen LogP contribution in [0.2, 0.25) is 0 Å². The topological polar surface area (TPSA) is 34.4 Å². The molecule has 132 valence electrons. The first kappa shape index (κ1) is 18.8. The molecule has 3 aromatic rings. The van der Waals surface area contributed by atoms with Crippen LogP contribution in [0.15, 0.2) is 57.2 Å². The van der Waals surface area contributed by atoms with Crippen molar-refractivity contribution < 1.29 is 4.79 Å². The average molecular weight is 399 g/mol. The van der Waals surface area contributed by atoms with Gasteiger partial charge in [0.05, 0.1) is 23.2 Å². The van der Waals surface area contributed by atoms with Crippen molar-refractivity contribution in [1.82, 2.24) is 4.57 Å². The lowest BCUT2D eigenvalue weighted by Crippen LogP contribution is -2.17. The number of hydrogen-bond donors (Lipinski definition) is 0. The monoisotopic (exact) mass is 398 g/mol. The molecule has 0 aliphatic carbocycles. The molecule has 3 rings (SSSR count). The molecule has 0 aliphatic rings. The maximum absolute atomic E-state index is 12.5. The number of benzene rings is 2. The second-order valence-corrected chi connectivity index (χ2v) is 8.31. The summed E-state index contributed by atoms with van der Waals surface area (Å²) in [6.07, 6.45) is 9.88. The minimum atomic E-state index is -0.163. The van der Waals surface area contributed by atoms with E-state index in [2.05, 4.69) is 23.0 Å². The number of thiazole rings is 1. The number of nitrogens with zero attached hydrogens (tertiary/aromatic N) is 2. The average Bonchev–Trinajstić information content (AvgIpc) is 2.98. The summed E-state index contributed by atoms with van der Waals surface area (Å²) in [4.78, 5) is 19.8. The predicted molar refractivity (Wildman–Crippen MR) is 113 cm³/mol. The molecule has 0 saturated carbocycles. The number of rotatable bonds is 5. The van der Waals surface area contributed by atoms with Crippen molar-refractivity contribution in [3.8, 4) is 12.3 Å². The third-order valence-corrected chi connectivity index (χ3v) is 6.38. The Hall–Kier alpha value is -1.94. The Morgan fingerprint density at radius 3 is 2.50 bits per heavy atom. The van der Waals surface area contributed by atoms with Gasteiger partial charge in [0.15, 0.2) is 4.80 Å². The Morgan fingerprint density at radius 1 is 1.15 bits per heavy atom. The Kier molecular flexibility index (Phi) is 6.25. The molecule has 0 fully saturated rings. The maximum Gasteiger partial charge on any atom is 0.252 e. The Morgan fingerprint density at radius 2 is 1.85 bits per heavy atom. The van der Waals surface area contributed by atoms with Crippen molar-refractivity contribution in [2.45, 2.75) is 22.8 Å². The van der Waals surface area contributed by atoms with Crippen molar-refractivity contribution in [3.05, 3.63) is 52.8 Å². The highest BCUT2D eigenvalue weighted by atomic mass is 32.2. The normalized spacial score (nSPS) is 11.7. The smallest absolute Gasteiger partial charge is 0.252 e. The number of fused-ring (bicyclic) bond motifs is 1. The number of amides is 1. The van der Waals surface area contributed by atoms with Crippen LogP contribution in [0.4, 0.5) is 0 Å². The molecule has 0 spiro atoms. The molecule has 0 saturated heterocycles. The van der Waals surface area contributed by atoms with Gasteiger partial charge in [-0.15, -0.1) is 29.9 Å². The van der Waals surface area contributed by atoms with E-state index in [4.69, 9.17) is 6.42 Å². The molecule has 1 heterocycles. The van der Waals surface area contributed by atoms with Gasteiger partial charge in [0.1, 0.15) is 0 Å². The van der Waals surface area contributed by atoms with Gasteiger partial charge >= 0.3 is 0 Å². The van der Waals surface area contributed by atoms with Gasteiger partial charge in [0.25, 0.3) is 5.91 Å². The highest BCUT2D eigenvalue weighted by Crippen LogP contribution is 2.24. The lowest BCUT2D eigenvalue weighted by Gasteiger charge is -2.01. The van der Waals surface area contributed by atoms with Crippen LogP contribution in [0.5, 0.6) is 0 Å². The number of carbonyl (C=O) groups is 1. The minimum Gasteiger partial charge on any atom is -0.305 e. The Bertz CT molecular complexity index is 1040. The molecular weight excluding hydrogens is 380 g/mol. The van der Waals surface area contributed by atoms with Crippen LogP contribution in [0.1, 0.15) is 5.56 Å². The highest BCUT2D eigenvalue weighted by Gasteiger charge is 2.09. The van der Waals surface area contributed by atoms with Gasteiger partial charge in [-0.05, 0) is 48.4 Å². The molecule has 1 amide bonds. The van der Waals surface area contributed by atoms with Gasteiger partial charge in [-0.2, -0.15) is 4.99 Å². The van der Waals surface area contributed by atoms with E-state index < -0.39 is 0 Å². The van der Waals surface area contributed by atoms with E-state index in [-0.39, 0.29) is 12.3 Å². The van der Waals surface area contributed by atoms with Crippen molar-refractivity contribution >= 4 is 51.0 Å². The van der Waals surface area contributed by atoms with E-state index >= 15 is 0 Å². The fourth-order valence-electron chi connectivity index (χ4n) is 2.57. The summed E-state index contributed by atoms with van der Waals surface area (Å²) >= 11 is 4.87. The van der Waals surface area contributed by atoms with Crippen molar-refractivity contribution in [2.24, 2.45) is 4.99 Å². The molecule has 3 nitrogen and oxygen atoms in total. The lowest BCUT2D eigenvalue weighted by atomic mass is 10.1. The van der Waals surface area contributed by atoms with Crippen LogP contribution in [0.3, 0.4) is 0 Å². The summed E-state index contributed by atoms with van der Waals surface area (Å²) in [5.74, 6) is 2.49. The summed E-state index contributed by atoms with van der Waals surface area (Å²) in [5, 5.41) is 0. The first-order valence-electron chi connectivity index (χ1n) is 7.96. The fraction of sp³-hybridized carbons (Fsp3) is 0.200. The van der Waals surface area contributed by atoms with Crippen LogP contribution < -0.4 is 4.80 Å². The molecule has 1 aromatic heterocycles. The number of carbonyl (C=O) groups excluding carboxylic acids is 1. The molecule has 0 aliphatic heterocycles. The standard InChI is InChI=1S/C20H18N2OS3/c1-4-11-22-17-10-9-16(25-3)13-18(17)26-20(22)21-19(23)12-14-5-7-15(24-2)8-6-14/h1,5-10,13H,11-12H2,2-3H3. The van der Waals surface area contributed by atoms with Gasteiger partial charge in [0, 0.05) is 9.79 Å². The van der Waals surface area contributed by atoms with Gasteiger partial charge in [-0.25, -0.2) is 0 Å². The second-order valence-electron chi connectivity index (χ2n) is 5.54. The van der Waals surface area contributed by atoms with Crippen LogP contribution in [0, 0.1) is 12.3 Å². The first-order valence-corrected chi connectivity index (χ1v) is 11.2. The second kappa shape index (κ2) is 8.63. The maximum atomic E-state index is 12.5. The summed E-state index contributed by atoms with van der Waals surface area (Å²) in [6.45, 7) is 0.396. The molecule has 0 unspecified atom stereocenters. The van der Waals surface area contributed by atoms with Crippen LogP contribution >= 0.6 is 34.9 Å². The molecule has 0 atom stereocenters. The largest absolute Gasteiger partial charge is 0.305 e. The molecule has 0 bridgehead atoms. The van der Waals surface area contributed by atoms with E-state index in [9.17, 15) is 4.79 Å². The number of thioether (sulfide) groups is 2. The van der Waals surface area contributed by atoms with Gasteiger partial charge in [-0.1, -0.05) is 29.4 Å². The molecular formula is C20H18N2OS3. The Balaban J connectivity index is 1.95. The molecule has 0 N–H and O–H groups in total. The van der Waals surface area contributed by atoms with E-state index in [1.807, 2.05) is 47.4 Å². The van der Waals surface area contributed by atoms with Crippen molar-refractivity contribution in [1.29, 1.82) is 0 Å². The van der Waals surface area contributed by atoms with E-state index in [1.54, 1.807) is 23.5 Å². The molecule has 0 radical (unpaired) electrons. The van der Waals surface area contributed by atoms with E-state index in [0.29, 0.717) is 11.3 Å². The lowest BCUT2D eigenvalue weighted by molar-refractivity contribution is -0.117. The summed E-state index contributed by atoms with van der Waals surface area (Å²) in [5.41, 5.74) is 1.98. The van der Waals surface area contributed by atoms with Crippen LogP contribution in [-0.4, -0.2) is 23.0 Å². The van der Waals surface area contributed by atoms with E-state index in [1.165, 1.54) is 21.1 Å².